The standard InChI is InChI=1S/C22H32N4O3S/c1-5-25-14-20(17(3)23-25)13-24-12-19-10-18(6-9-22(19)29-15-16(24)2)11-26(21-7-8-21)30(4,27)28/h6,9-10,14,16,21H,5,7-8,11-13,15H2,1-4H3/t16-/m0/s1. The molecule has 0 saturated heterocycles. The molecular weight excluding hydrogens is 400 g/mol. The lowest BCUT2D eigenvalue weighted by atomic mass is 10.1. The van der Waals surface area contributed by atoms with Crippen LogP contribution >= 0.6 is 0 Å². The molecule has 8 heteroatoms. The van der Waals surface area contributed by atoms with Gasteiger partial charge in [0.1, 0.15) is 12.4 Å². The van der Waals surface area contributed by atoms with E-state index < -0.39 is 10.0 Å². The number of sulfonamides is 1. The van der Waals surface area contributed by atoms with E-state index in [4.69, 9.17) is 4.74 Å². The summed E-state index contributed by atoms with van der Waals surface area (Å²) in [7, 11) is -3.21. The zero-order valence-electron chi connectivity index (χ0n) is 18.3. The van der Waals surface area contributed by atoms with Crippen molar-refractivity contribution in [2.45, 2.75) is 71.9 Å². The van der Waals surface area contributed by atoms with Crippen LogP contribution in [0.3, 0.4) is 0 Å². The predicted octanol–water partition coefficient (Wildman–Crippen LogP) is 2.92. The van der Waals surface area contributed by atoms with E-state index in [1.807, 2.05) is 16.8 Å². The molecule has 2 aliphatic rings. The highest BCUT2D eigenvalue weighted by Gasteiger charge is 2.35. The van der Waals surface area contributed by atoms with Gasteiger partial charge in [0.25, 0.3) is 0 Å². The summed E-state index contributed by atoms with van der Waals surface area (Å²) in [6, 6.07) is 6.53. The molecule has 1 aromatic heterocycles. The Labute approximate surface area is 179 Å². The molecule has 1 atom stereocenters. The van der Waals surface area contributed by atoms with E-state index in [9.17, 15) is 8.42 Å². The molecular formula is C22H32N4O3S. The van der Waals surface area contributed by atoms with Crippen LogP contribution in [0.25, 0.3) is 0 Å². The Kier molecular flexibility index (Phi) is 5.92. The molecule has 2 heterocycles. The average molecular weight is 433 g/mol. The average Bonchev–Trinajstić information content (AvgIpc) is 3.48. The van der Waals surface area contributed by atoms with Crippen molar-refractivity contribution in [3.05, 3.63) is 46.8 Å². The van der Waals surface area contributed by atoms with E-state index >= 15 is 0 Å². The monoisotopic (exact) mass is 432 g/mol. The molecule has 0 spiro atoms. The smallest absolute Gasteiger partial charge is 0.211 e. The first-order valence-electron chi connectivity index (χ1n) is 10.7. The van der Waals surface area contributed by atoms with Crippen molar-refractivity contribution in [2.75, 3.05) is 12.9 Å². The fourth-order valence-electron chi connectivity index (χ4n) is 4.05. The molecule has 0 amide bonds. The third-order valence-corrected chi connectivity index (χ3v) is 7.34. The fourth-order valence-corrected chi connectivity index (χ4v) is 5.19. The number of aromatic nitrogens is 2. The second-order valence-corrected chi connectivity index (χ2v) is 10.6. The van der Waals surface area contributed by atoms with Gasteiger partial charge in [-0.1, -0.05) is 6.07 Å². The van der Waals surface area contributed by atoms with Gasteiger partial charge >= 0.3 is 0 Å². The third-order valence-electron chi connectivity index (χ3n) is 6.07. The van der Waals surface area contributed by atoms with E-state index in [2.05, 4.69) is 43.0 Å². The van der Waals surface area contributed by atoms with E-state index in [0.717, 1.165) is 55.0 Å². The number of fused-ring (bicyclic) bond motifs is 1. The lowest BCUT2D eigenvalue weighted by Crippen LogP contribution is -2.34. The first-order chi connectivity index (χ1) is 14.2. The van der Waals surface area contributed by atoms with Crippen LogP contribution in [0.1, 0.15) is 49.1 Å². The van der Waals surface area contributed by atoms with Crippen LogP contribution in [-0.2, 0) is 36.2 Å². The molecule has 164 valence electrons. The summed E-state index contributed by atoms with van der Waals surface area (Å²) in [5, 5.41) is 4.58. The van der Waals surface area contributed by atoms with Crippen LogP contribution < -0.4 is 4.74 Å². The van der Waals surface area contributed by atoms with Crippen LogP contribution in [0.5, 0.6) is 5.75 Å². The van der Waals surface area contributed by atoms with Crippen LogP contribution in [0, 0.1) is 6.92 Å². The van der Waals surface area contributed by atoms with Gasteiger partial charge in [0.15, 0.2) is 0 Å². The number of hydrogen-bond donors (Lipinski definition) is 0. The molecule has 7 nitrogen and oxygen atoms in total. The van der Waals surface area contributed by atoms with Gasteiger partial charge in [0.05, 0.1) is 11.9 Å². The second kappa shape index (κ2) is 8.32. The summed E-state index contributed by atoms with van der Waals surface area (Å²) < 4.78 is 34.1. The normalized spacial score (nSPS) is 20.1. The molecule has 1 aliphatic heterocycles. The van der Waals surface area contributed by atoms with Gasteiger partial charge < -0.3 is 4.74 Å². The van der Waals surface area contributed by atoms with Crippen LogP contribution in [-0.4, -0.2) is 52.3 Å². The summed E-state index contributed by atoms with van der Waals surface area (Å²) >= 11 is 0. The quantitative estimate of drug-likeness (QED) is 0.673. The Morgan fingerprint density at radius 2 is 2.07 bits per heavy atom. The van der Waals surface area contributed by atoms with E-state index in [0.29, 0.717) is 13.2 Å². The summed E-state index contributed by atoms with van der Waals surface area (Å²) in [4.78, 5) is 2.41. The zero-order valence-corrected chi connectivity index (χ0v) is 19.2. The summed E-state index contributed by atoms with van der Waals surface area (Å²) in [6.07, 6.45) is 5.35. The van der Waals surface area contributed by atoms with Gasteiger partial charge in [0, 0.05) is 55.6 Å². The third kappa shape index (κ3) is 4.71. The molecule has 30 heavy (non-hydrogen) atoms. The van der Waals surface area contributed by atoms with E-state index in [1.54, 1.807) is 4.31 Å². The lowest BCUT2D eigenvalue weighted by Gasteiger charge is -2.26. The first-order valence-corrected chi connectivity index (χ1v) is 12.6. The number of hydrogen-bond acceptors (Lipinski definition) is 5. The van der Waals surface area contributed by atoms with Crippen LogP contribution in [0.15, 0.2) is 24.4 Å². The van der Waals surface area contributed by atoms with Crippen LogP contribution in [0.2, 0.25) is 0 Å². The van der Waals surface area contributed by atoms with Crippen molar-refractivity contribution in [1.29, 1.82) is 0 Å². The van der Waals surface area contributed by atoms with Gasteiger partial charge in [0.2, 0.25) is 10.0 Å². The van der Waals surface area contributed by atoms with Gasteiger partial charge in [-0.2, -0.15) is 9.40 Å². The second-order valence-electron chi connectivity index (χ2n) is 8.64. The maximum Gasteiger partial charge on any atom is 0.211 e. The molecule has 1 aromatic carbocycles. The topological polar surface area (TPSA) is 67.7 Å². The minimum atomic E-state index is -3.21. The Morgan fingerprint density at radius 1 is 1.30 bits per heavy atom. The summed E-state index contributed by atoms with van der Waals surface area (Å²) in [5.41, 5.74) is 4.43. The summed E-state index contributed by atoms with van der Waals surface area (Å²) in [6.45, 7) is 9.84. The first kappa shape index (κ1) is 21.3. The molecule has 1 saturated carbocycles. The maximum atomic E-state index is 12.2. The molecule has 0 unspecified atom stereocenters. The highest BCUT2D eigenvalue weighted by atomic mass is 32.2. The van der Waals surface area contributed by atoms with Gasteiger partial charge in [-0.15, -0.1) is 0 Å². The number of ether oxygens (including phenoxy) is 1. The Bertz CT molecular complexity index is 1010. The van der Waals surface area contributed by atoms with Gasteiger partial charge in [-0.25, -0.2) is 8.42 Å². The lowest BCUT2D eigenvalue weighted by molar-refractivity contribution is 0.151. The number of nitrogens with zero attached hydrogens (tertiary/aromatic N) is 4. The molecule has 0 N–H and O–H groups in total. The van der Waals surface area contributed by atoms with Gasteiger partial charge in [-0.3, -0.25) is 9.58 Å². The van der Waals surface area contributed by atoms with E-state index in [-0.39, 0.29) is 12.1 Å². The number of benzene rings is 1. The molecule has 0 bridgehead atoms. The minimum Gasteiger partial charge on any atom is -0.492 e. The minimum absolute atomic E-state index is 0.157. The highest BCUT2D eigenvalue weighted by Crippen LogP contribution is 2.32. The number of aryl methyl sites for hydroxylation is 2. The SMILES string of the molecule is CCn1cc(CN2Cc3cc(CN(C4CC4)S(C)(=O)=O)ccc3OC[C@@H]2C)c(C)n1. The summed E-state index contributed by atoms with van der Waals surface area (Å²) in [5.74, 6) is 0.895. The van der Waals surface area contributed by atoms with Crippen molar-refractivity contribution in [2.24, 2.45) is 0 Å². The largest absolute Gasteiger partial charge is 0.492 e. The molecule has 1 fully saturated rings. The highest BCUT2D eigenvalue weighted by molar-refractivity contribution is 7.88. The van der Waals surface area contributed by atoms with Gasteiger partial charge in [-0.05, 0) is 51.3 Å². The molecule has 0 radical (unpaired) electrons. The molecule has 1 aliphatic carbocycles. The number of rotatable bonds is 7. The van der Waals surface area contributed by atoms with Crippen LogP contribution in [0.4, 0.5) is 0 Å². The predicted molar refractivity (Wildman–Crippen MR) is 117 cm³/mol. The van der Waals surface area contributed by atoms with Crippen molar-refractivity contribution < 1.29 is 13.2 Å². The van der Waals surface area contributed by atoms with E-state index in [1.165, 1.54) is 11.8 Å². The Morgan fingerprint density at radius 3 is 2.70 bits per heavy atom. The van der Waals surface area contributed by atoms with Crippen molar-refractivity contribution in [1.82, 2.24) is 19.0 Å². The Balaban J connectivity index is 1.55. The van der Waals surface area contributed by atoms with Crippen molar-refractivity contribution >= 4 is 10.0 Å². The fraction of sp³-hybridized carbons (Fsp3) is 0.591. The zero-order chi connectivity index (χ0) is 21.5. The van der Waals surface area contributed by atoms with Crippen molar-refractivity contribution in [3.63, 3.8) is 0 Å². The Hall–Kier alpha value is -1.90. The molecule has 2 aromatic rings. The molecule has 4 rings (SSSR count). The van der Waals surface area contributed by atoms with Crippen molar-refractivity contribution in [3.8, 4) is 5.75 Å². The maximum absolute atomic E-state index is 12.2.